The number of carboxylic acids is 1. The maximum Gasteiger partial charge on any atom is 0.490 e. The standard InChI is InChI=1S/C27H31N3O2.C2HF3O2/c1-29-15-6-16-30(18-17-29)20-24-19-23(11-14-26(24)32-2)21-9-12-25(13-10-21)28-27(31)22-7-4-3-5-8-22;3-2(4,5)1(6)7/h3-5,7-14,19H,6,15-18,20H2,1-2H3,(H,28,31);(H,6,7). The van der Waals surface area contributed by atoms with Gasteiger partial charge in [-0.25, -0.2) is 4.79 Å². The first-order valence-corrected chi connectivity index (χ1v) is 12.4. The lowest BCUT2D eigenvalue weighted by Gasteiger charge is -2.22. The third-order valence-electron chi connectivity index (χ3n) is 6.24. The zero-order valence-electron chi connectivity index (χ0n) is 21.9. The van der Waals surface area contributed by atoms with E-state index in [4.69, 9.17) is 14.6 Å². The predicted octanol–water partition coefficient (Wildman–Crippen LogP) is 5.39. The monoisotopic (exact) mass is 543 g/mol. The lowest BCUT2D eigenvalue weighted by Crippen LogP contribution is -2.28. The van der Waals surface area contributed by atoms with E-state index >= 15 is 0 Å². The lowest BCUT2D eigenvalue weighted by molar-refractivity contribution is -0.192. The van der Waals surface area contributed by atoms with E-state index in [1.54, 1.807) is 7.11 Å². The third-order valence-corrected chi connectivity index (χ3v) is 6.24. The Morgan fingerprint density at radius 2 is 1.56 bits per heavy atom. The maximum absolute atomic E-state index is 12.4. The van der Waals surface area contributed by atoms with Crippen LogP contribution in [0.25, 0.3) is 11.1 Å². The summed E-state index contributed by atoms with van der Waals surface area (Å²) in [6, 6.07) is 23.6. The number of hydrogen-bond donors (Lipinski definition) is 2. The van der Waals surface area contributed by atoms with Crippen molar-refractivity contribution in [1.82, 2.24) is 9.80 Å². The van der Waals surface area contributed by atoms with Gasteiger partial charge in [-0.05, 0) is 74.1 Å². The molecule has 10 heteroatoms. The van der Waals surface area contributed by atoms with Crippen LogP contribution in [0.15, 0.2) is 72.8 Å². The summed E-state index contributed by atoms with van der Waals surface area (Å²) in [5.74, 6) is -1.93. The van der Waals surface area contributed by atoms with Crippen LogP contribution in [0.3, 0.4) is 0 Å². The van der Waals surface area contributed by atoms with Gasteiger partial charge in [-0.2, -0.15) is 13.2 Å². The number of hydrogen-bond acceptors (Lipinski definition) is 5. The van der Waals surface area contributed by atoms with Crippen molar-refractivity contribution in [2.45, 2.75) is 19.1 Å². The van der Waals surface area contributed by atoms with Gasteiger partial charge in [0.1, 0.15) is 5.75 Å². The fourth-order valence-electron chi connectivity index (χ4n) is 4.12. The molecule has 1 saturated heterocycles. The molecule has 0 saturated carbocycles. The SMILES string of the molecule is COc1ccc(-c2ccc(NC(=O)c3ccccc3)cc2)cc1CN1CCCN(C)CC1.O=C(O)C(F)(F)F. The lowest BCUT2D eigenvalue weighted by atomic mass is 10.0. The molecule has 0 spiro atoms. The van der Waals surface area contributed by atoms with Crippen molar-refractivity contribution in [3.63, 3.8) is 0 Å². The van der Waals surface area contributed by atoms with Gasteiger partial charge in [0.05, 0.1) is 7.11 Å². The molecule has 0 aromatic heterocycles. The average molecular weight is 544 g/mol. The van der Waals surface area contributed by atoms with Crippen molar-refractivity contribution in [2.75, 3.05) is 45.7 Å². The van der Waals surface area contributed by atoms with Crippen molar-refractivity contribution in [3.8, 4) is 16.9 Å². The molecule has 1 amide bonds. The third kappa shape index (κ3) is 9.12. The Morgan fingerprint density at radius 3 is 2.18 bits per heavy atom. The Hall–Kier alpha value is -3.89. The van der Waals surface area contributed by atoms with Gasteiger partial charge in [-0.1, -0.05) is 36.4 Å². The molecule has 208 valence electrons. The molecule has 7 nitrogen and oxygen atoms in total. The molecule has 1 fully saturated rings. The number of rotatable bonds is 6. The number of carbonyl (C=O) groups is 2. The van der Waals surface area contributed by atoms with Crippen LogP contribution in [0.5, 0.6) is 5.75 Å². The first-order chi connectivity index (χ1) is 18.6. The van der Waals surface area contributed by atoms with Crippen LogP contribution < -0.4 is 10.1 Å². The van der Waals surface area contributed by atoms with Crippen LogP contribution >= 0.6 is 0 Å². The van der Waals surface area contributed by atoms with Gasteiger partial charge in [0.25, 0.3) is 5.91 Å². The molecule has 0 radical (unpaired) electrons. The number of halogens is 3. The summed E-state index contributed by atoms with van der Waals surface area (Å²) in [5, 5.41) is 10.1. The molecule has 3 aromatic carbocycles. The van der Waals surface area contributed by atoms with Gasteiger partial charge in [0.15, 0.2) is 0 Å². The van der Waals surface area contributed by atoms with Crippen LogP contribution in [0.2, 0.25) is 0 Å². The highest BCUT2D eigenvalue weighted by atomic mass is 19.4. The van der Waals surface area contributed by atoms with Gasteiger partial charge in [0, 0.05) is 36.4 Å². The number of ether oxygens (including phenoxy) is 1. The van der Waals surface area contributed by atoms with Crippen LogP contribution in [0, 0.1) is 0 Å². The van der Waals surface area contributed by atoms with Crippen LogP contribution in [-0.4, -0.2) is 73.3 Å². The molecule has 3 aromatic rings. The number of methoxy groups -OCH3 is 1. The summed E-state index contributed by atoms with van der Waals surface area (Å²) < 4.78 is 37.4. The number of nitrogens with zero attached hydrogens (tertiary/aromatic N) is 2. The Morgan fingerprint density at radius 1 is 0.923 bits per heavy atom. The Labute approximate surface area is 225 Å². The molecule has 0 unspecified atom stereocenters. The fourth-order valence-corrected chi connectivity index (χ4v) is 4.12. The van der Waals surface area contributed by atoms with Gasteiger partial charge in [-0.3, -0.25) is 9.69 Å². The van der Waals surface area contributed by atoms with Gasteiger partial charge < -0.3 is 20.1 Å². The number of carbonyl (C=O) groups excluding carboxylic acids is 1. The molecule has 1 aliphatic heterocycles. The van der Waals surface area contributed by atoms with E-state index in [0.717, 1.165) is 55.3 Å². The second-order valence-corrected chi connectivity index (χ2v) is 9.16. The second-order valence-electron chi connectivity index (χ2n) is 9.16. The molecule has 0 aliphatic carbocycles. The molecule has 4 rings (SSSR count). The fraction of sp³-hybridized carbons (Fsp3) is 0.310. The number of carboxylic acid groups (broad SMARTS) is 1. The molecular formula is C29H32F3N3O4. The predicted molar refractivity (Wildman–Crippen MR) is 144 cm³/mol. The van der Waals surface area contributed by atoms with Crippen molar-refractivity contribution in [3.05, 3.63) is 83.9 Å². The molecule has 0 bridgehead atoms. The first kappa shape index (κ1) is 29.7. The molecule has 39 heavy (non-hydrogen) atoms. The van der Waals surface area contributed by atoms with Gasteiger partial charge in [-0.15, -0.1) is 0 Å². The largest absolute Gasteiger partial charge is 0.496 e. The average Bonchev–Trinajstić information content (AvgIpc) is 3.13. The summed E-state index contributed by atoms with van der Waals surface area (Å²) in [4.78, 5) is 26.2. The normalized spacial score (nSPS) is 14.5. The topological polar surface area (TPSA) is 82.1 Å². The first-order valence-electron chi connectivity index (χ1n) is 12.4. The highest BCUT2D eigenvalue weighted by Gasteiger charge is 2.38. The number of alkyl halides is 3. The minimum Gasteiger partial charge on any atom is -0.496 e. The van der Waals surface area contributed by atoms with E-state index < -0.39 is 12.1 Å². The van der Waals surface area contributed by atoms with Crippen molar-refractivity contribution in [1.29, 1.82) is 0 Å². The number of likely N-dealkylation sites (N-methyl/N-ethyl adjacent to an activating group) is 1. The highest BCUT2D eigenvalue weighted by molar-refractivity contribution is 6.04. The Balaban J connectivity index is 0.000000532. The Bertz CT molecular complexity index is 1230. The molecule has 1 aliphatic rings. The zero-order valence-corrected chi connectivity index (χ0v) is 21.9. The summed E-state index contributed by atoms with van der Waals surface area (Å²) in [5.41, 5.74) is 4.90. The molecule has 0 atom stereocenters. The second kappa shape index (κ2) is 13.8. The summed E-state index contributed by atoms with van der Waals surface area (Å²) in [6.45, 7) is 5.31. The Kier molecular flexibility index (Phi) is 10.5. The number of anilines is 1. The highest BCUT2D eigenvalue weighted by Crippen LogP contribution is 2.29. The number of amides is 1. The minimum atomic E-state index is -5.08. The van der Waals surface area contributed by atoms with E-state index in [9.17, 15) is 18.0 Å². The summed E-state index contributed by atoms with van der Waals surface area (Å²) >= 11 is 0. The van der Waals surface area contributed by atoms with E-state index in [-0.39, 0.29) is 5.91 Å². The minimum absolute atomic E-state index is 0.104. The molecular weight excluding hydrogens is 511 g/mol. The molecule has 2 N–H and O–H groups in total. The van der Waals surface area contributed by atoms with Crippen LogP contribution in [0.4, 0.5) is 18.9 Å². The van der Waals surface area contributed by atoms with Crippen molar-refractivity contribution >= 4 is 17.6 Å². The quantitative estimate of drug-likeness (QED) is 0.434. The summed E-state index contributed by atoms with van der Waals surface area (Å²) in [7, 11) is 3.93. The number of aliphatic carboxylic acids is 1. The van der Waals surface area contributed by atoms with Crippen molar-refractivity contribution < 1.29 is 32.6 Å². The van der Waals surface area contributed by atoms with Crippen molar-refractivity contribution in [2.24, 2.45) is 0 Å². The molecule has 1 heterocycles. The van der Waals surface area contributed by atoms with Gasteiger partial charge in [0.2, 0.25) is 0 Å². The smallest absolute Gasteiger partial charge is 0.490 e. The van der Waals surface area contributed by atoms with E-state index in [2.05, 4.69) is 40.4 Å². The van der Waals surface area contributed by atoms with Gasteiger partial charge >= 0.3 is 12.1 Å². The van der Waals surface area contributed by atoms with E-state index in [1.165, 1.54) is 12.0 Å². The maximum atomic E-state index is 12.4. The van der Waals surface area contributed by atoms with Crippen LogP contribution in [-0.2, 0) is 11.3 Å². The van der Waals surface area contributed by atoms with Crippen LogP contribution in [0.1, 0.15) is 22.3 Å². The number of nitrogens with one attached hydrogen (secondary N) is 1. The van der Waals surface area contributed by atoms with E-state index in [1.807, 2.05) is 54.6 Å². The van der Waals surface area contributed by atoms with E-state index in [0.29, 0.717) is 5.56 Å². The zero-order chi connectivity index (χ0) is 28.4. The number of benzene rings is 3. The summed E-state index contributed by atoms with van der Waals surface area (Å²) in [6.07, 6.45) is -3.89.